The Morgan fingerprint density at radius 3 is 1.85 bits per heavy atom. The van der Waals surface area contributed by atoms with Gasteiger partial charge in [-0.1, -0.05) is 90.4 Å². The van der Waals surface area contributed by atoms with Crippen LogP contribution in [-0.4, -0.2) is 19.5 Å². The fourth-order valence-electron chi connectivity index (χ4n) is 3.58. The summed E-state index contributed by atoms with van der Waals surface area (Å²) in [5.41, 5.74) is 7.51. The zero-order valence-corrected chi connectivity index (χ0v) is 16.6. The summed E-state index contributed by atoms with van der Waals surface area (Å²) in [6.45, 7) is 3.23. The quantitative estimate of drug-likeness (QED) is 0.402. The van der Waals surface area contributed by atoms with Crippen LogP contribution in [0, 0.1) is 0 Å². The van der Waals surface area contributed by atoms with Crippen molar-refractivity contribution in [3.8, 4) is 0 Å². The summed E-state index contributed by atoms with van der Waals surface area (Å²) >= 11 is 0. The lowest BCUT2D eigenvalue weighted by Gasteiger charge is -2.06. The number of nitrogens with zero attached hydrogens (tertiary/aromatic N) is 4. The van der Waals surface area contributed by atoms with E-state index in [2.05, 4.69) is 26.4 Å². The molecule has 2 N–H and O–H groups in total. The van der Waals surface area contributed by atoms with Crippen molar-refractivity contribution < 1.29 is 0 Å². The van der Waals surface area contributed by atoms with Gasteiger partial charge in [0.25, 0.3) is 0 Å². The first-order valence-corrected chi connectivity index (χ1v) is 10.7. The van der Waals surface area contributed by atoms with Gasteiger partial charge < -0.3 is 10.3 Å². The highest BCUT2D eigenvalue weighted by Crippen LogP contribution is 2.17. The average molecular weight is 360 g/mol. The molecule has 2 aromatic rings. The number of anilines is 1. The summed E-state index contributed by atoms with van der Waals surface area (Å²) < 4.78 is 2.09. The smallest absolute Gasteiger partial charge is 0.182 e. The van der Waals surface area contributed by atoms with Gasteiger partial charge in [0.15, 0.2) is 11.5 Å². The molecule has 0 unspecified atom stereocenters. The third-order valence-corrected chi connectivity index (χ3v) is 5.19. The predicted molar refractivity (Wildman–Crippen MR) is 110 cm³/mol. The first-order valence-electron chi connectivity index (χ1n) is 10.7. The number of nitrogens with two attached hydrogens (primary N) is 1. The standard InChI is InChI=1S/C21H37N5/c1-2-3-4-5-6-7-8-9-10-11-12-13-14-15-16-26-18-25-21-19(26)20(22)23-17-24-21/h17-18H,2-16H2,1H3,(H2,22,23,24). The molecule has 0 aliphatic heterocycles. The SMILES string of the molecule is CCCCCCCCCCCCCCCCn1cnc2ncnc(N)c21. The van der Waals surface area contributed by atoms with Crippen molar-refractivity contribution in [2.45, 2.75) is 103 Å². The van der Waals surface area contributed by atoms with E-state index in [9.17, 15) is 0 Å². The summed E-state index contributed by atoms with van der Waals surface area (Å²) in [4.78, 5) is 12.5. The van der Waals surface area contributed by atoms with Crippen LogP contribution in [0.15, 0.2) is 12.7 Å². The second-order valence-electron chi connectivity index (χ2n) is 7.47. The van der Waals surface area contributed by atoms with Gasteiger partial charge in [-0.05, 0) is 6.42 Å². The van der Waals surface area contributed by atoms with E-state index in [0.29, 0.717) is 11.5 Å². The van der Waals surface area contributed by atoms with Gasteiger partial charge in [-0.15, -0.1) is 0 Å². The molecule has 0 radical (unpaired) electrons. The number of rotatable bonds is 15. The number of unbranched alkanes of at least 4 members (excludes halogenated alkanes) is 13. The zero-order chi connectivity index (χ0) is 18.5. The molecule has 0 saturated carbocycles. The molecule has 0 aliphatic carbocycles. The number of nitrogen functional groups attached to an aromatic ring is 1. The maximum absolute atomic E-state index is 5.94. The highest BCUT2D eigenvalue weighted by molar-refractivity contribution is 5.81. The van der Waals surface area contributed by atoms with E-state index in [0.717, 1.165) is 18.5 Å². The largest absolute Gasteiger partial charge is 0.382 e. The van der Waals surface area contributed by atoms with Crippen LogP contribution in [0.4, 0.5) is 5.82 Å². The molecule has 0 amide bonds. The minimum absolute atomic E-state index is 0.526. The van der Waals surface area contributed by atoms with E-state index < -0.39 is 0 Å². The molecule has 5 nitrogen and oxygen atoms in total. The first kappa shape index (κ1) is 20.7. The van der Waals surface area contributed by atoms with E-state index in [1.54, 1.807) is 0 Å². The van der Waals surface area contributed by atoms with Crippen molar-refractivity contribution in [2.24, 2.45) is 0 Å². The molecule has 0 spiro atoms. The maximum Gasteiger partial charge on any atom is 0.182 e. The molecule has 0 atom stereocenters. The average Bonchev–Trinajstić information content (AvgIpc) is 3.06. The second kappa shape index (κ2) is 12.7. The topological polar surface area (TPSA) is 69.6 Å². The number of aryl methyl sites for hydroxylation is 1. The molecule has 2 rings (SSSR count). The second-order valence-corrected chi connectivity index (χ2v) is 7.47. The molecule has 0 aliphatic rings. The molecule has 0 fully saturated rings. The van der Waals surface area contributed by atoms with Crippen LogP contribution in [0.25, 0.3) is 11.2 Å². The number of hydrogen-bond acceptors (Lipinski definition) is 4. The van der Waals surface area contributed by atoms with E-state index >= 15 is 0 Å². The molecule has 2 heterocycles. The molecule has 0 aromatic carbocycles. The van der Waals surface area contributed by atoms with Crippen LogP contribution in [-0.2, 0) is 6.54 Å². The van der Waals surface area contributed by atoms with Gasteiger partial charge >= 0.3 is 0 Å². The van der Waals surface area contributed by atoms with Gasteiger partial charge in [-0.25, -0.2) is 15.0 Å². The Morgan fingerprint density at radius 2 is 1.27 bits per heavy atom. The van der Waals surface area contributed by atoms with Crippen LogP contribution >= 0.6 is 0 Å². The van der Waals surface area contributed by atoms with E-state index in [1.807, 2.05) is 6.33 Å². The van der Waals surface area contributed by atoms with E-state index in [-0.39, 0.29) is 0 Å². The van der Waals surface area contributed by atoms with Gasteiger partial charge in [0.1, 0.15) is 11.8 Å². The van der Waals surface area contributed by atoms with Gasteiger partial charge in [-0.3, -0.25) is 0 Å². The molecule has 5 heteroatoms. The van der Waals surface area contributed by atoms with Crippen LogP contribution in [0.3, 0.4) is 0 Å². The highest BCUT2D eigenvalue weighted by Gasteiger charge is 2.07. The van der Waals surface area contributed by atoms with Crippen molar-refractivity contribution in [3.05, 3.63) is 12.7 Å². The normalized spacial score (nSPS) is 11.4. The number of fused-ring (bicyclic) bond motifs is 1. The molecule has 0 bridgehead atoms. The Hall–Kier alpha value is -1.65. The van der Waals surface area contributed by atoms with Gasteiger partial charge in [0.05, 0.1) is 6.33 Å². The van der Waals surface area contributed by atoms with Crippen molar-refractivity contribution in [1.82, 2.24) is 19.5 Å². The Morgan fingerprint density at radius 1 is 0.731 bits per heavy atom. The molecule has 2 aromatic heterocycles. The Kier molecular flexibility index (Phi) is 10.1. The predicted octanol–water partition coefficient (Wildman–Crippen LogP) is 5.89. The lowest BCUT2D eigenvalue weighted by Crippen LogP contribution is -2.01. The van der Waals surface area contributed by atoms with E-state index in [4.69, 9.17) is 5.73 Å². The van der Waals surface area contributed by atoms with Crippen molar-refractivity contribution in [2.75, 3.05) is 5.73 Å². The van der Waals surface area contributed by atoms with Crippen molar-refractivity contribution in [3.63, 3.8) is 0 Å². The summed E-state index contributed by atoms with van der Waals surface area (Å²) in [7, 11) is 0. The summed E-state index contributed by atoms with van der Waals surface area (Å²) in [5.74, 6) is 0.526. The monoisotopic (exact) mass is 359 g/mol. The molecule has 146 valence electrons. The lowest BCUT2D eigenvalue weighted by molar-refractivity contribution is 0.526. The molecule has 0 saturated heterocycles. The molecule has 26 heavy (non-hydrogen) atoms. The van der Waals surface area contributed by atoms with Gasteiger partial charge in [0.2, 0.25) is 0 Å². The third kappa shape index (κ3) is 7.30. The minimum atomic E-state index is 0.526. The first-order chi connectivity index (χ1) is 12.8. The van der Waals surface area contributed by atoms with Gasteiger partial charge in [0, 0.05) is 6.54 Å². The third-order valence-electron chi connectivity index (χ3n) is 5.19. The summed E-state index contributed by atoms with van der Waals surface area (Å²) in [5, 5.41) is 0. The number of imidazole rings is 1. The Balaban J connectivity index is 1.43. The van der Waals surface area contributed by atoms with Crippen LogP contribution in [0.1, 0.15) is 96.8 Å². The van der Waals surface area contributed by atoms with Crippen molar-refractivity contribution in [1.29, 1.82) is 0 Å². The highest BCUT2D eigenvalue weighted by atomic mass is 15.1. The number of aromatic nitrogens is 4. The fraction of sp³-hybridized carbons (Fsp3) is 0.762. The number of hydrogen-bond donors (Lipinski definition) is 1. The molecular formula is C21H37N5. The Bertz CT molecular complexity index is 607. The zero-order valence-electron chi connectivity index (χ0n) is 16.6. The van der Waals surface area contributed by atoms with Crippen LogP contribution < -0.4 is 5.73 Å². The van der Waals surface area contributed by atoms with Crippen LogP contribution in [0.5, 0.6) is 0 Å². The lowest BCUT2D eigenvalue weighted by atomic mass is 10.0. The van der Waals surface area contributed by atoms with Crippen LogP contribution in [0.2, 0.25) is 0 Å². The fourth-order valence-corrected chi connectivity index (χ4v) is 3.58. The van der Waals surface area contributed by atoms with Gasteiger partial charge in [-0.2, -0.15) is 0 Å². The minimum Gasteiger partial charge on any atom is -0.382 e. The van der Waals surface area contributed by atoms with Crippen molar-refractivity contribution >= 4 is 17.0 Å². The van der Waals surface area contributed by atoms with E-state index in [1.165, 1.54) is 89.8 Å². The maximum atomic E-state index is 5.94. The summed E-state index contributed by atoms with van der Waals surface area (Å²) in [6, 6.07) is 0. The summed E-state index contributed by atoms with van der Waals surface area (Å²) in [6.07, 6.45) is 22.6. The molecular weight excluding hydrogens is 322 g/mol. The Labute approximate surface area is 158 Å².